The van der Waals surface area contributed by atoms with Gasteiger partial charge in [-0.25, -0.2) is 18.2 Å². The Kier molecular flexibility index (Phi) is 8.86. The summed E-state index contributed by atoms with van der Waals surface area (Å²) in [6.45, 7) is 4.64. The molecule has 0 radical (unpaired) electrons. The molecule has 4 N–H and O–H groups in total. The molecule has 44 heavy (non-hydrogen) atoms. The molecular formula is C30H32F3N5O5S. The third kappa shape index (κ3) is 8.01. The summed E-state index contributed by atoms with van der Waals surface area (Å²) in [6.07, 6.45) is -5.64. The molecule has 4 rings (SSSR count). The Labute approximate surface area is 253 Å². The minimum absolute atomic E-state index is 0.0135. The summed E-state index contributed by atoms with van der Waals surface area (Å²) < 4.78 is 81.1. The number of ether oxygens (including phenoxy) is 2. The van der Waals surface area contributed by atoms with Gasteiger partial charge in [-0.3, -0.25) is 4.72 Å². The van der Waals surface area contributed by atoms with Gasteiger partial charge in [-0.15, -0.1) is 0 Å². The minimum atomic E-state index is -4.82. The van der Waals surface area contributed by atoms with Crippen LogP contribution >= 0.6 is 0 Å². The number of nitrogens with two attached hydrogens (primary N) is 1. The van der Waals surface area contributed by atoms with Crippen molar-refractivity contribution in [3.63, 3.8) is 0 Å². The fourth-order valence-electron chi connectivity index (χ4n) is 4.31. The number of nitrogen functional groups attached to an aromatic ring is 1. The molecule has 0 atom stereocenters. The maximum absolute atomic E-state index is 13.6. The van der Waals surface area contributed by atoms with Crippen LogP contribution in [0.5, 0.6) is 11.6 Å². The van der Waals surface area contributed by atoms with Crippen molar-refractivity contribution in [2.75, 3.05) is 29.5 Å². The Morgan fingerprint density at radius 3 is 2.32 bits per heavy atom. The molecule has 0 saturated carbocycles. The molecule has 4 aromatic rings. The average molecular weight is 632 g/mol. The zero-order valence-electron chi connectivity index (χ0n) is 24.6. The molecule has 3 aromatic carbocycles. The highest BCUT2D eigenvalue weighted by atomic mass is 32.2. The quantitative estimate of drug-likeness (QED) is 0.187. The van der Waals surface area contributed by atoms with Crippen LogP contribution in [0.15, 0.2) is 71.6 Å². The van der Waals surface area contributed by atoms with Gasteiger partial charge in [0.25, 0.3) is 10.0 Å². The molecule has 234 valence electrons. The number of nitrogens with zero attached hydrogens (tertiary/aromatic N) is 2. The number of aromatic nitrogens is 1. The first kappa shape index (κ1) is 32.2. The number of carbonyl (C=O) groups excluding carboxylic acids is 1. The number of nitrogens with one attached hydrogen (secondary N) is 2. The van der Waals surface area contributed by atoms with Crippen molar-refractivity contribution in [3.8, 4) is 11.6 Å². The summed E-state index contributed by atoms with van der Waals surface area (Å²) in [4.78, 5) is 17.5. The van der Waals surface area contributed by atoms with Gasteiger partial charge >= 0.3 is 12.3 Å². The summed E-state index contributed by atoms with van der Waals surface area (Å²) in [5, 5.41) is 3.62. The molecule has 0 aliphatic heterocycles. The second-order valence-corrected chi connectivity index (χ2v) is 12.7. The zero-order chi connectivity index (χ0) is 32.4. The first-order valence-electron chi connectivity index (χ1n) is 13.3. The lowest BCUT2D eigenvalue weighted by Crippen LogP contribution is -2.32. The van der Waals surface area contributed by atoms with Crippen molar-refractivity contribution >= 4 is 44.0 Å². The van der Waals surface area contributed by atoms with Crippen LogP contribution in [-0.2, 0) is 27.5 Å². The predicted octanol–water partition coefficient (Wildman–Crippen LogP) is 6.52. The molecule has 1 amide bonds. The van der Waals surface area contributed by atoms with Gasteiger partial charge in [-0.1, -0.05) is 24.3 Å². The largest absolute Gasteiger partial charge is 0.444 e. The Morgan fingerprint density at radius 1 is 0.977 bits per heavy atom. The molecule has 0 unspecified atom stereocenters. The molecule has 0 fully saturated rings. The lowest BCUT2D eigenvalue weighted by Gasteiger charge is -2.20. The van der Waals surface area contributed by atoms with E-state index in [1.807, 2.05) is 31.1 Å². The number of hydrogen-bond donors (Lipinski definition) is 3. The van der Waals surface area contributed by atoms with Crippen LogP contribution in [0.3, 0.4) is 0 Å². The van der Waals surface area contributed by atoms with E-state index in [9.17, 15) is 26.4 Å². The number of amides is 1. The first-order valence-corrected chi connectivity index (χ1v) is 14.7. The van der Waals surface area contributed by atoms with Crippen molar-refractivity contribution in [1.82, 2.24) is 10.3 Å². The number of fused-ring (bicyclic) bond motifs is 1. The molecule has 1 aromatic heterocycles. The molecule has 0 aliphatic rings. The van der Waals surface area contributed by atoms with E-state index in [1.165, 1.54) is 30.3 Å². The molecule has 10 nitrogen and oxygen atoms in total. The van der Waals surface area contributed by atoms with Crippen molar-refractivity contribution in [2.45, 2.75) is 44.0 Å². The van der Waals surface area contributed by atoms with Gasteiger partial charge in [0.1, 0.15) is 17.0 Å². The van der Waals surface area contributed by atoms with E-state index in [2.05, 4.69) is 15.0 Å². The van der Waals surface area contributed by atoms with Gasteiger partial charge in [0.2, 0.25) is 5.88 Å². The van der Waals surface area contributed by atoms with E-state index in [0.717, 1.165) is 17.1 Å². The number of rotatable bonds is 8. The van der Waals surface area contributed by atoms with E-state index in [0.29, 0.717) is 5.39 Å². The number of pyridine rings is 1. The molecule has 0 spiro atoms. The summed E-state index contributed by atoms with van der Waals surface area (Å²) in [5.41, 5.74) is 4.88. The van der Waals surface area contributed by atoms with Gasteiger partial charge in [0, 0.05) is 61.0 Å². The predicted molar refractivity (Wildman–Crippen MR) is 162 cm³/mol. The number of anilines is 3. The van der Waals surface area contributed by atoms with Crippen LogP contribution < -0.4 is 25.4 Å². The third-order valence-electron chi connectivity index (χ3n) is 6.02. The lowest BCUT2D eigenvalue weighted by molar-refractivity contribution is -0.141. The van der Waals surface area contributed by atoms with E-state index in [1.54, 1.807) is 39.0 Å². The van der Waals surface area contributed by atoms with E-state index in [-0.39, 0.29) is 34.1 Å². The summed E-state index contributed by atoms with van der Waals surface area (Å²) in [7, 11) is -0.447. The first-order chi connectivity index (χ1) is 20.4. The van der Waals surface area contributed by atoms with Crippen LogP contribution in [-0.4, -0.2) is 39.2 Å². The van der Waals surface area contributed by atoms with Crippen molar-refractivity contribution in [3.05, 3.63) is 78.0 Å². The number of sulfonamides is 1. The Morgan fingerprint density at radius 2 is 1.66 bits per heavy atom. The molecule has 1 heterocycles. The monoisotopic (exact) mass is 631 g/mol. The lowest BCUT2D eigenvalue weighted by atomic mass is 10.1. The van der Waals surface area contributed by atoms with Crippen molar-refractivity contribution in [1.29, 1.82) is 0 Å². The van der Waals surface area contributed by atoms with Gasteiger partial charge < -0.3 is 25.4 Å². The molecular weight excluding hydrogens is 599 g/mol. The Balaban J connectivity index is 1.63. The highest BCUT2D eigenvalue weighted by molar-refractivity contribution is 7.93. The van der Waals surface area contributed by atoms with Gasteiger partial charge in [-0.05, 0) is 50.6 Å². The Hall–Kier alpha value is -4.72. The number of alkyl carbamates (subject to hydrolysis) is 1. The smallest absolute Gasteiger partial charge is 0.433 e. The fraction of sp³-hybridized carbons (Fsp3) is 0.267. The zero-order valence-corrected chi connectivity index (χ0v) is 25.4. The minimum Gasteiger partial charge on any atom is -0.444 e. The second-order valence-electron chi connectivity index (χ2n) is 11.1. The van der Waals surface area contributed by atoms with Crippen LogP contribution in [0.4, 0.5) is 35.0 Å². The van der Waals surface area contributed by atoms with Gasteiger partial charge in [0.15, 0.2) is 0 Å². The maximum Gasteiger partial charge on any atom is 0.433 e. The number of carbonyl (C=O) groups is 1. The van der Waals surface area contributed by atoms with Gasteiger partial charge in [-0.2, -0.15) is 13.2 Å². The fourth-order valence-corrected chi connectivity index (χ4v) is 5.57. The van der Waals surface area contributed by atoms with E-state index in [4.69, 9.17) is 15.2 Å². The number of hydrogen-bond acceptors (Lipinski definition) is 8. The number of benzene rings is 3. The van der Waals surface area contributed by atoms with Gasteiger partial charge in [0.05, 0.1) is 10.6 Å². The SMILES string of the molecule is CN(C)c1cccc2c(S(=O)(=O)Nc3cc(N)cc(Oc4cc(CNC(=O)OC(C)(C)C)cc(C(F)(F)F)n4)c3)cccc12. The number of halogens is 3. The van der Waals surface area contributed by atoms with Crippen molar-refractivity contribution in [2.24, 2.45) is 0 Å². The van der Waals surface area contributed by atoms with Crippen LogP contribution in [0, 0.1) is 0 Å². The van der Waals surface area contributed by atoms with E-state index < -0.39 is 39.5 Å². The second kappa shape index (κ2) is 12.1. The average Bonchev–Trinajstić information content (AvgIpc) is 2.89. The highest BCUT2D eigenvalue weighted by Crippen LogP contribution is 2.34. The van der Waals surface area contributed by atoms with Crippen LogP contribution in [0.1, 0.15) is 32.0 Å². The maximum atomic E-state index is 13.6. The molecule has 0 bridgehead atoms. The summed E-state index contributed by atoms with van der Waals surface area (Å²) in [6, 6.07) is 16.1. The topological polar surface area (TPSA) is 136 Å². The highest BCUT2D eigenvalue weighted by Gasteiger charge is 2.33. The molecule has 0 saturated heterocycles. The molecule has 14 heteroatoms. The van der Waals surface area contributed by atoms with Crippen LogP contribution in [0.2, 0.25) is 0 Å². The Bertz CT molecular complexity index is 1810. The summed E-state index contributed by atoms with van der Waals surface area (Å²) >= 11 is 0. The third-order valence-corrected chi connectivity index (χ3v) is 7.46. The standard InChI is InChI=1S/C30H32F3N5O5S/c1-29(2,3)43-28(39)35-17-18-12-26(30(31,32)33)36-27(13-18)42-21-15-19(34)14-20(16-21)37-44(40,41)25-11-7-8-22-23(25)9-6-10-24(22)38(4)5/h6-16,37H,17,34H2,1-5H3,(H,35,39). The van der Waals surface area contributed by atoms with E-state index >= 15 is 0 Å². The van der Waals surface area contributed by atoms with Crippen molar-refractivity contribution < 1.29 is 35.9 Å². The normalized spacial score (nSPS) is 12.1. The number of alkyl halides is 3. The molecule has 0 aliphatic carbocycles. The summed E-state index contributed by atoms with van der Waals surface area (Å²) in [5.74, 6) is -0.529. The van der Waals surface area contributed by atoms with Crippen LogP contribution in [0.25, 0.3) is 10.8 Å².